The fraction of sp³-hybridized carbons (Fsp3) is 0.350. The monoisotopic (exact) mass is 390 g/mol. The van der Waals surface area contributed by atoms with E-state index in [0.29, 0.717) is 36.4 Å². The molecule has 146 valence electrons. The second-order valence-corrected chi connectivity index (χ2v) is 7.98. The van der Waals surface area contributed by atoms with Crippen LogP contribution in [0.2, 0.25) is 0 Å². The van der Waals surface area contributed by atoms with Crippen LogP contribution in [0.3, 0.4) is 0 Å². The maximum Gasteiger partial charge on any atom is 0.261 e. The molecule has 0 aliphatic rings. The number of amides is 1. The Bertz CT molecular complexity index is 924. The molecule has 1 amide bonds. The van der Waals surface area contributed by atoms with Crippen LogP contribution < -0.4 is 10.0 Å². The Morgan fingerprint density at radius 2 is 1.85 bits per heavy atom. The van der Waals surface area contributed by atoms with Crippen molar-refractivity contribution in [1.82, 2.24) is 5.32 Å². The number of sulfonamides is 1. The summed E-state index contributed by atoms with van der Waals surface area (Å²) >= 11 is 0. The van der Waals surface area contributed by atoms with E-state index in [1.165, 1.54) is 12.1 Å². The molecule has 27 heavy (non-hydrogen) atoms. The molecule has 7 heteroatoms. The van der Waals surface area contributed by atoms with Gasteiger partial charge in [0.15, 0.2) is 0 Å². The van der Waals surface area contributed by atoms with Crippen LogP contribution in [0.5, 0.6) is 0 Å². The van der Waals surface area contributed by atoms with Crippen molar-refractivity contribution in [3.05, 3.63) is 58.7 Å². The molecule has 2 rings (SSSR count). The molecular formula is C20H26N2O4S. The van der Waals surface area contributed by atoms with Gasteiger partial charge in [0.25, 0.3) is 15.9 Å². The molecule has 2 N–H and O–H groups in total. The normalized spacial score (nSPS) is 11.3. The third kappa shape index (κ3) is 5.08. The van der Waals surface area contributed by atoms with Gasteiger partial charge in [-0.15, -0.1) is 0 Å². The molecule has 6 nitrogen and oxygen atoms in total. The number of ether oxygens (including phenoxy) is 1. The first-order valence-electron chi connectivity index (χ1n) is 8.79. The van der Waals surface area contributed by atoms with E-state index in [1.807, 2.05) is 32.0 Å². The number of nitrogens with one attached hydrogen (secondary N) is 2. The second-order valence-electron chi connectivity index (χ2n) is 6.29. The molecule has 0 heterocycles. The number of benzene rings is 2. The van der Waals surface area contributed by atoms with Crippen molar-refractivity contribution in [1.29, 1.82) is 0 Å². The number of aryl methyl sites for hydroxylation is 3. The predicted octanol–water partition coefficient (Wildman–Crippen LogP) is 3.04. The molecule has 0 aromatic heterocycles. The quantitative estimate of drug-likeness (QED) is 0.679. The van der Waals surface area contributed by atoms with Crippen LogP contribution in [-0.4, -0.2) is 34.6 Å². The molecule has 0 saturated carbocycles. The second kappa shape index (κ2) is 9.01. The fourth-order valence-electron chi connectivity index (χ4n) is 2.74. The summed E-state index contributed by atoms with van der Waals surface area (Å²) in [6.45, 7) is 6.35. The van der Waals surface area contributed by atoms with E-state index < -0.39 is 10.0 Å². The SMILES string of the molecule is CCc1cccc(C)c1NS(=O)(=O)c1ccc(C)c(C(=O)NCCOC)c1. The highest BCUT2D eigenvalue weighted by Crippen LogP contribution is 2.25. The lowest BCUT2D eigenvalue weighted by Gasteiger charge is -2.15. The maximum atomic E-state index is 12.9. The Labute approximate surface area is 161 Å². The summed E-state index contributed by atoms with van der Waals surface area (Å²) < 4.78 is 33.4. The van der Waals surface area contributed by atoms with E-state index in [2.05, 4.69) is 10.0 Å². The average molecular weight is 391 g/mol. The van der Waals surface area contributed by atoms with Crippen LogP contribution in [0.1, 0.15) is 34.0 Å². The van der Waals surface area contributed by atoms with E-state index in [4.69, 9.17) is 4.74 Å². The van der Waals surface area contributed by atoms with E-state index in [-0.39, 0.29) is 10.8 Å². The van der Waals surface area contributed by atoms with Gasteiger partial charge in [-0.3, -0.25) is 9.52 Å². The summed E-state index contributed by atoms with van der Waals surface area (Å²) in [5, 5.41) is 2.72. The van der Waals surface area contributed by atoms with Crippen LogP contribution in [0, 0.1) is 13.8 Å². The summed E-state index contributed by atoms with van der Waals surface area (Å²) in [4.78, 5) is 12.4. The Hall–Kier alpha value is -2.38. The molecule has 0 spiro atoms. The van der Waals surface area contributed by atoms with Crippen LogP contribution in [0.4, 0.5) is 5.69 Å². The number of hydrogen-bond acceptors (Lipinski definition) is 4. The molecule has 2 aromatic rings. The molecule has 0 fully saturated rings. The number of carbonyl (C=O) groups excluding carboxylic acids is 1. The lowest BCUT2D eigenvalue weighted by Crippen LogP contribution is -2.28. The van der Waals surface area contributed by atoms with Gasteiger partial charge in [0, 0.05) is 19.2 Å². The van der Waals surface area contributed by atoms with E-state index in [0.717, 1.165) is 11.1 Å². The molecule has 0 bridgehead atoms. The first kappa shape index (κ1) is 20.9. The van der Waals surface area contributed by atoms with Gasteiger partial charge in [-0.05, 0) is 49.1 Å². The first-order valence-corrected chi connectivity index (χ1v) is 10.3. The lowest BCUT2D eigenvalue weighted by atomic mass is 10.1. The van der Waals surface area contributed by atoms with Gasteiger partial charge >= 0.3 is 0 Å². The van der Waals surface area contributed by atoms with Crippen LogP contribution in [0.15, 0.2) is 41.3 Å². The number of hydrogen-bond donors (Lipinski definition) is 2. The first-order chi connectivity index (χ1) is 12.8. The maximum absolute atomic E-state index is 12.9. The molecule has 0 unspecified atom stereocenters. The van der Waals surface area contributed by atoms with Gasteiger partial charge in [0.05, 0.1) is 17.2 Å². The van der Waals surface area contributed by atoms with Crippen molar-refractivity contribution in [2.75, 3.05) is 25.0 Å². The highest BCUT2D eigenvalue weighted by Gasteiger charge is 2.20. The van der Waals surface area contributed by atoms with E-state index in [1.54, 1.807) is 20.1 Å². The van der Waals surface area contributed by atoms with Crippen molar-refractivity contribution >= 4 is 21.6 Å². The highest BCUT2D eigenvalue weighted by molar-refractivity contribution is 7.92. The van der Waals surface area contributed by atoms with Gasteiger partial charge in [0.2, 0.25) is 0 Å². The smallest absolute Gasteiger partial charge is 0.261 e. The Morgan fingerprint density at radius 3 is 2.52 bits per heavy atom. The van der Waals surface area contributed by atoms with Crippen molar-refractivity contribution < 1.29 is 17.9 Å². The number of carbonyl (C=O) groups is 1. The molecule has 0 aliphatic carbocycles. The molecule has 2 aromatic carbocycles. The zero-order chi connectivity index (χ0) is 20.0. The minimum absolute atomic E-state index is 0.0512. The van der Waals surface area contributed by atoms with Crippen LogP contribution >= 0.6 is 0 Å². The topological polar surface area (TPSA) is 84.5 Å². The van der Waals surface area contributed by atoms with Gasteiger partial charge < -0.3 is 10.1 Å². The molecule has 0 aliphatic heterocycles. The molecule has 0 saturated heterocycles. The largest absolute Gasteiger partial charge is 0.383 e. The van der Waals surface area contributed by atoms with Crippen molar-refractivity contribution in [3.63, 3.8) is 0 Å². The predicted molar refractivity (Wildman–Crippen MR) is 107 cm³/mol. The molecule has 0 radical (unpaired) electrons. The average Bonchev–Trinajstić information content (AvgIpc) is 2.63. The summed E-state index contributed by atoms with van der Waals surface area (Å²) in [7, 11) is -2.27. The number of anilines is 1. The van der Waals surface area contributed by atoms with Gasteiger partial charge in [0.1, 0.15) is 0 Å². The van der Waals surface area contributed by atoms with Crippen LogP contribution in [0.25, 0.3) is 0 Å². The van der Waals surface area contributed by atoms with E-state index in [9.17, 15) is 13.2 Å². The number of rotatable bonds is 8. The number of para-hydroxylation sites is 1. The van der Waals surface area contributed by atoms with Gasteiger partial charge in [-0.2, -0.15) is 0 Å². The summed E-state index contributed by atoms with van der Waals surface area (Å²) in [5.74, 6) is -0.327. The fourth-order valence-corrected chi connectivity index (χ4v) is 3.94. The van der Waals surface area contributed by atoms with Crippen molar-refractivity contribution in [3.8, 4) is 0 Å². The summed E-state index contributed by atoms with van der Waals surface area (Å²) in [6.07, 6.45) is 0.709. The van der Waals surface area contributed by atoms with Crippen molar-refractivity contribution in [2.45, 2.75) is 32.1 Å². The standard InChI is InChI=1S/C20H26N2O4S/c1-5-16-8-6-7-15(3)19(16)22-27(24,25)17-10-9-14(2)18(13-17)20(23)21-11-12-26-4/h6-10,13,22H,5,11-12H2,1-4H3,(H,21,23). The Kier molecular flexibility index (Phi) is 6.98. The highest BCUT2D eigenvalue weighted by atomic mass is 32.2. The van der Waals surface area contributed by atoms with Crippen LogP contribution in [-0.2, 0) is 21.2 Å². The Balaban J connectivity index is 2.34. The minimum atomic E-state index is -3.82. The Morgan fingerprint density at radius 1 is 1.11 bits per heavy atom. The van der Waals surface area contributed by atoms with Gasteiger partial charge in [-0.25, -0.2) is 8.42 Å². The zero-order valence-electron chi connectivity index (χ0n) is 16.1. The molecular weight excluding hydrogens is 364 g/mol. The lowest BCUT2D eigenvalue weighted by molar-refractivity contribution is 0.0936. The third-order valence-electron chi connectivity index (χ3n) is 4.33. The minimum Gasteiger partial charge on any atom is -0.383 e. The third-order valence-corrected chi connectivity index (χ3v) is 5.68. The molecule has 0 atom stereocenters. The summed E-state index contributed by atoms with van der Waals surface area (Å²) in [5.41, 5.74) is 3.39. The van der Waals surface area contributed by atoms with E-state index >= 15 is 0 Å². The van der Waals surface area contributed by atoms with Crippen molar-refractivity contribution in [2.24, 2.45) is 0 Å². The van der Waals surface area contributed by atoms with Gasteiger partial charge in [-0.1, -0.05) is 31.2 Å². The summed E-state index contributed by atoms with van der Waals surface area (Å²) in [6, 6.07) is 10.2. The number of methoxy groups -OCH3 is 1. The zero-order valence-corrected chi connectivity index (χ0v) is 16.9.